The number of aromatic amines is 1. The van der Waals surface area contributed by atoms with Crippen molar-refractivity contribution in [1.82, 2.24) is 4.98 Å². The van der Waals surface area contributed by atoms with Gasteiger partial charge in [-0.1, -0.05) is 29.8 Å². The summed E-state index contributed by atoms with van der Waals surface area (Å²) in [6.45, 7) is 0.487. The van der Waals surface area contributed by atoms with Crippen LogP contribution in [0.1, 0.15) is 5.69 Å². The number of H-pyrrole nitrogens is 1. The standard InChI is InChI=1S/C13H9BrClNO/c14-10-7-17-6-9(13(10)15)12-5-8-3-1-2-4-11(8)16-12/h1-5,7,16H,6H2. The number of nitrogens with one attached hydrogen (secondary N) is 1. The minimum absolute atomic E-state index is 0.487. The molecule has 1 aromatic carbocycles. The Balaban J connectivity index is 2.15. The molecule has 3 rings (SSSR count). The number of allylic oxidation sites excluding steroid dienone is 2. The molecule has 0 saturated carbocycles. The number of rotatable bonds is 1. The van der Waals surface area contributed by atoms with Crippen LogP contribution < -0.4 is 0 Å². The predicted molar refractivity (Wildman–Crippen MR) is 74.0 cm³/mol. The van der Waals surface area contributed by atoms with E-state index < -0.39 is 0 Å². The van der Waals surface area contributed by atoms with Crippen LogP contribution in [0.4, 0.5) is 0 Å². The first-order valence-electron chi connectivity index (χ1n) is 5.20. The second-order valence-electron chi connectivity index (χ2n) is 3.84. The van der Waals surface area contributed by atoms with E-state index in [-0.39, 0.29) is 0 Å². The summed E-state index contributed by atoms with van der Waals surface area (Å²) in [4.78, 5) is 3.35. The van der Waals surface area contributed by atoms with E-state index in [0.717, 1.165) is 21.3 Å². The zero-order valence-electron chi connectivity index (χ0n) is 8.84. The number of fused-ring (bicyclic) bond motifs is 1. The van der Waals surface area contributed by atoms with Crippen LogP contribution in [-0.2, 0) is 4.74 Å². The van der Waals surface area contributed by atoms with Gasteiger partial charge < -0.3 is 9.72 Å². The Kier molecular flexibility index (Phi) is 2.73. The van der Waals surface area contributed by atoms with Crippen molar-refractivity contribution in [3.8, 4) is 0 Å². The lowest BCUT2D eigenvalue weighted by Crippen LogP contribution is -2.01. The maximum Gasteiger partial charge on any atom is 0.116 e. The summed E-state index contributed by atoms with van der Waals surface area (Å²) in [5.41, 5.74) is 3.07. The van der Waals surface area contributed by atoms with Crippen LogP contribution >= 0.6 is 27.5 Å². The molecule has 1 aliphatic heterocycles. The fraction of sp³-hybridized carbons (Fsp3) is 0.0769. The van der Waals surface area contributed by atoms with E-state index >= 15 is 0 Å². The largest absolute Gasteiger partial charge is 0.495 e. The van der Waals surface area contributed by atoms with Crippen LogP contribution in [0, 0.1) is 0 Å². The highest BCUT2D eigenvalue weighted by Crippen LogP contribution is 2.34. The molecule has 17 heavy (non-hydrogen) atoms. The first kappa shape index (κ1) is 10.9. The van der Waals surface area contributed by atoms with Crippen molar-refractivity contribution in [1.29, 1.82) is 0 Å². The zero-order valence-corrected chi connectivity index (χ0v) is 11.2. The number of benzene rings is 1. The monoisotopic (exact) mass is 309 g/mol. The molecule has 0 amide bonds. The van der Waals surface area contributed by atoms with Gasteiger partial charge in [-0.2, -0.15) is 0 Å². The minimum Gasteiger partial charge on any atom is -0.495 e. The zero-order chi connectivity index (χ0) is 11.8. The lowest BCUT2D eigenvalue weighted by molar-refractivity contribution is 0.291. The second kappa shape index (κ2) is 4.24. The van der Waals surface area contributed by atoms with E-state index in [1.165, 1.54) is 5.39 Å². The van der Waals surface area contributed by atoms with Crippen LogP contribution in [0.25, 0.3) is 16.5 Å². The van der Waals surface area contributed by atoms with Gasteiger partial charge in [-0.25, -0.2) is 0 Å². The molecule has 0 radical (unpaired) electrons. The molecule has 86 valence electrons. The van der Waals surface area contributed by atoms with Gasteiger partial charge in [0.15, 0.2) is 0 Å². The van der Waals surface area contributed by atoms with Gasteiger partial charge >= 0.3 is 0 Å². The molecule has 2 nitrogen and oxygen atoms in total. The number of halogens is 2. The Morgan fingerprint density at radius 1 is 1.29 bits per heavy atom. The lowest BCUT2D eigenvalue weighted by atomic mass is 10.1. The average Bonchev–Trinajstić information content (AvgIpc) is 2.76. The molecular weight excluding hydrogens is 302 g/mol. The molecule has 1 aromatic heterocycles. The molecule has 2 aromatic rings. The third kappa shape index (κ3) is 1.90. The summed E-state index contributed by atoms with van der Waals surface area (Å²) in [6, 6.07) is 10.2. The topological polar surface area (TPSA) is 25.0 Å². The Bertz CT molecular complexity index is 609. The van der Waals surface area contributed by atoms with Crippen molar-refractivity contribution in [3.05, 3.63) is 51.8 Å². The summed E-state index contributed by atoms with van der Waals surface area (Å²) >= 11 is 9.63. The molecule has 4 heteroatoms. The number of aromatic nitrogens is 1. The molecule has 0 saturated heterocycles. The first-order valence-corrected chi connectivity index (χ1v) is 6.37. The van der Waals surface area contributed by atoms with Gasteiger partial charge in [-0.05, 0) is 33.4 Å². The molecule has 0 unspecified atom stereocenters. The third-order valence-electron chi connectivity index (χ3n) is 2.74. The third-order valence-corrected chi connectivity index (χ3v) is 3.99. The molecule has 0 atom stereocenters. The summed E-state index contributed by atoms with van der Waals surface area (Å²) in [7, 11) is 0. The molecule has 0 spiro atoms. The van der Waals surface area contributed by atoms with E-state index in [1.807, 2.05) is 18.2 Å². The predicted octanol–water partition coefficient (Wildman–Crippen LogP) is 4.38. The second-order valence-corrected chi connectivity index (χ2v) is 5.07. The SMILES string of the molecule is ClC1=C(c2cc3ccccc3[nH]2)COC=C1Br. The Morgan fingerprint density at radius 3 is 2.94 bits per heavy atom. The van der Waals surface area contributed by atoms with Gasteiger partial charge in [0, 0.05) is 16.8 Å². The van der Waals surface area contributed by atoms with E-state index in [9.17, 15) is 0 Å². The van der Waals surface area contributed by atoms with Gasteiger partial charge in [0.25, 0.3) is 0 Å². The van der Waals surface area contributed by atoms with Crippen molar-refractivity contribution >= 4 is 44.0 Å². The Labute approximate surface area is 112 Å². The highest BCUT2D eigenvalue weighted by Gasteiger charge is 2.16. The van der Waals surface area contributed by atoms with Crippen molar-refractivity contribution in [2.24, 2.45) is 0 Å². The maximum atomic E-state index is 6.26. The molecule has 1 aliphatic rings. The minimum atomic E-state index is 0.487. The lowest BCUT2D eigenvalue weighted by Gasteiger charge is -2.14. The molecule has 0 aliphatic carbocycles. The van der Waals surface area contributed by atoms with Crippen LogP contribution in [0.15, 0.2) is 46.1 Å². The highest BCUT2D eigenvalue weighted by molar-refractivity contribution is 9.12. The molecule has 0 bridgehead atoms. The maximum absolute atomic E-state index is 6.26. The van der Waals surface area contributed by atoms with Crippen molar-refractivity contribution in [3.63, 3.8) is 0 Å². The van der Waals surface area contributed by atoms with Crippen molar-refractivity contribution in [2.45, 2.75) is 0 Å². The van der Waals surface area contributed by atoms with Crippen molar-refractivity contribution in [2.75, 3.05) is 6.61 Å². The smallest absolute Gasteiger partial charge is 0.116 e. The normalized spacial score (nSPS) is 16.0. The Hall–Kier alpha value is -1.19. The van der Waals surface area contributed by atoms with E-state index in [4.69, 9.17) is 16.3 Å². The highest BCUT2D eigenvalue weighted by atomic mass is 79.9. The van der Waals surface area contributed by atoms with Crippen LogP contribution in [0.2, 0.25) is 0 Å². The quantitative estimate of drug-likeness (QED) is 0.830. The number of hydrogen-bond donors (Lipinski definition) is 1. The fourth-order valence-electron chi connectivity index (χ4n) is 1.89. The summed E-state index contributed by atoms with van der Waals surface area (Å²) in [5.74, 6) is 0. The summed E-state index contributed by atoms with van der Waals surface area (Å²) in [6.07, 6.45) is 1.62. The van der Waals surface area contributed by atoms with Gasteiger partial charge in [0.05, 0.1) is 15.8 Å². The summed E-state index contributed by atoms with van der Waals surface area (Å²) < 4.78 is 6.12. The fourth-order valence-corrected chi connectivity index (χ4v) is 2.46. The summed E-state index contributed by atoms with van der Waals surface area (Å²) in [5, 5.41) is 1.87. The Morgan fingerprint density at radius 2 is 2.12 bits per heavy atom. The van der Waals surface area contributed by atoms with Gasteiger partial charge in [-0.15, -0.1) is 0 Å². The first-order chi connectivity index (χ1) is 8.25. The number of hydrogen-bond acceptors (Lipinski definition) is 1. The van der Waals surface area contributed by atoms with Gasteiger partial charge in [0.2, 0.25) is 0 Å². The molecule has 0 fully saturated rings. The molecule has 2 heterocycles. The van der Waals surface area contributed by atoms with E-state index in [1.54, 1.807) is 6.26 Å². The molecule has 1 N–H and O–H groups in total. The van der Waals surface area contributed by atoms with E-state index in [0.29, 0.717) is 11.6 Å². The van der Waals surface area contributed by atoms with Crippen LogP contribution in [-0.4, -0.2) is 11.6 Å². The van der Waals surface area contributed by atoms with E-state index in [2.05, 4.69) is 33.0 Å². The van der Waals surface area contributed by atoms with Crippen LogP contribution in [0.3, 0.4) is 0 Å². The van der Waals surface area contributed by atoms with Crippen molar-refractivity contribution < 1.29 is 4.74 Å². The molecular formula is C13H9BrClNO. The van der Waals surface area contributed by atoms with Gasteiger partial charge in [-0.3, -0.25) is 0 Å². The number of para-hydroxylation sites is 1. The average molecular weight is 311 g/mol. The van der Waals surface area contributed by atoms with Gasteiger partial charge in [0.1, 0.15) is 6.61 Å². The number of ether oxygens (including phenoxy) is 1. The van der Waals surface area contributed by atoms with Crippen LogP contribution in [0.5, 0.6) is 0 Å².